The molecule has 1 N–H and O–H groups in total. The highest BCUT2D eigenvalue weighted by Crippen LogP contribution is 2.68. The van der Waals surface area contributed by atoms with Crippen molar-refractivity contribution in [1.82, 2.24) is 0 Å². The van der Waals surface area contributed by atoms with E-state index in [1.807, 2.05) is 19.1 Å². The number of ketones is 1. The van der Waals surface area contributed by atoms with Gasteiger partial charge in [-0.3, -0.25) is 4.79 Å². The summed E-state index contributed by atoms with van der Waals surface area (Å²) in [5, 5.41) is 11.5. The van der Waals surface area contributed by atoms with E-state index in [0.29, 0.717) is 42.6 Å². The lowest BCUT2D eigenvalue weighted by Gasteiger charge is -2.61. The van der Waals surface area contributed by atoms with Crippen LogP contribution in [0.25, 0.3) is 0 Å². The first-order chi connectivity index (χ1) is 14.6. The highest BCUT2D eigenvalue weighted by Gasteiger charge is 2.63. The van der Waals surface area contributed by atoms with Crippen molar-refractivity contribution < 1.29 is 19.4 Å². The maximum atomic E-state index is 12.2. The van der Waals surface area contributed by atoms with Crippen LogP contribution in [0.15, 0.2) is 23.8 Å². The van der Waals surface area contributed by atoms with Gasteiger partial charge in [0.2, 0.25) is 0 Å². The van der Waals surface area contributed by atoms with E-state index in [0.717, 1.165) is 25.7 Å². The first-order valence-electron chi connectivity index (χ1n) is 12.4. The molecule has 0 heterocycles. The highest BCUT2D eigenvalue weighted by atomic mass is 16.5. The van der Waals surface area contributed by atoms with Gasteiger partial charge in [0.15, 0.2) is 5.78 Å². The van der Waals surface area contributed by atoms with Gasteiger partial charge in [-0.15, -0.1) is 0 Å². The van der Waals surface area contributed by atoms with Crippen LogP contribution >= 0.6 is 0 Å². The molecule has 0 spiro atoms. The molecule has 0 amide bonds. The largest absolute Gasteiger partial charge is 0.463 e. The molecule has 0 aromatic rings. The average molecular weight is 429 g/mol. The van der Waals surface area contributed by atoms with Gasteiger partial charge in [-0.2, -0.15) is 0 Å². The number of carbonyl (C=O) groups is 2. The van der Waals surface area contributed by atoms with Crippen LogP contribution in [-0.2, 0) is 14.3 Å². The number of carbonyl (C=O) groups excluding carboxylic acids is 2. The second-order valence-electron chi connectivity index (χ2n) is 11.3. The van der Waals surface area contributed by atoms with Gasteiger partial charge in [-0.05, 0) is 85.5 Å². The van der Waals surface area contributed by atoms with Crippen molar-refractivity contribution in [3.8, 4) is 0 Å². The van der Waals surface area contributed by atoms with E-state index in [4.69, 9.17) is 4.74 Å². The molecule has 0 saturated heterocycles. The topological polar surface area (TPSA) is 63.6 Å². The van der Waals surface area contributed by atoms with E-state index in [-0.39, 0.29) is 34.6 Å². The molecule has 0 radical (unpaired) electrons. The van der Waals surface area contributed by atoms with Crippen molar-refractivity contribution in [1.29, 1.82) is 0 Å². The molecule has 0 aromatic carbocycles. The third-order valence-electron chi connectivity index (χ3n) is 9.95. The Morgan fingerprint density at radius 3 is 2.71 bits per heavy atom. The van der Waals surface area contributed by atoms with Gasteiger partial charge in [-0.1, -0.05) is 39.3 Å². The molecule has 3 fully saturated rings. The van der Waals surface area contributed by atoms with E-state index in [2.05, 4.69) is 27.7 Å². The number of ether oxygens (including phenoxy) is 1. The van der Waals surface area contributed by atoms with Gasteiger partial charge in [-0.25, -0.2) is 4.79 Å². The smallest absolute Gasteiger partial charge is 0.330 e. The van der Waals surface area contributed by atoms with Crippen LogP contribution in [-0.4, -0.2) is 29.6 Å². The zero-order chi connectivity index (χ0) is 22.6. The van der Waals surface area contributed by atoms with Crippen molar-refractivity contribution >= 4 is 11.8 Å². The molecule has 4 rings (SSSR count). The van der Waals surface area contributed by atoms with Gasteiger partial charge >= 0.3 is 5.97 Å². The second-order valence-corrected chi connectivity index (χ2v) is 11.3. The normalized spacial score (nSPS) is 45.5. The fraction of sp³-hybridized carbons (Fsp3) is 0.778. The van der Waals surface area contributed by atoms with E-state index < -0.39 is 0 Å². The molecular weight excluding hydrogens is 388 g/mol. The van der Waals surface area contributed by atoms with Crippen molar-refractivity contribution in [3.05, 3.63) is 23.8 Å². The van der Waals surface area contributed by atoms with Crippen molar-refractivity contribution in [3.63, 3.8) is 0 Å². The number of fused-ring (bicyclic) bond motifs is 5. The number of hydrogen-bond acceptors (Lipinski definition) is 4. The Morgan fingerprint density at radius 1 is 1.26 bits per heavy atom. The fourth-order valence-corrected chi connectivity index (χ4v) is 8.38. The van der Waals surface area contributed by atoms with Crippen LogP contribution in [0.3, 0.4) is 0 Å². The lowest BCUT2D eigenvalue weighted by molar-refractivity contribution is -0.137. The Balaban J connectivity index is 1.60. The summed E-state index contributed by atoms with van der Waals surface area (Å²) in [5.74, 6) is 2.12. The van der Waals surface area contributed by atoms with Crippen LogP contribution in [0.1, 0.15) is 73.1 Å². The van der Waals surface area contributed by atoms with Crippen molar-refractivity contribution in [2.75, 3.05) is 6.61 Å². The Labute approximate surface area is 187 Å². The minimum absolute atomic E-state index is 0.0477. The molecule has 9 atom stereocenters. The summed E-state index contributed by atoms with van der Waals surface area (Å²) >= 11 is 0. The molecular formula is C27H40O4. The minimum atomic E-state index is -0.371. The van der Waals surface area contributed by atoms with Crippen LogP contribution in [0, 0.1) is 46.3 Å². The molecule has 0 bridgehead atoms. The van der Waals surface area contributed by atoms with E-state index in [9.17, 15) is 14.7 Å². The first kappa shape index (κ1) is 22.8. The van der Waals surface area contributed by atoms with Crippen molar-refractivity contribution in [2.45, 2.75) is 79.2 Å². The standard InChI is InChI=1S/C27H40O4/c1-6-31-23(29)10-7-16(2)19-8-9-20-24-21(12-14-26(19,20)4)27(5)13-11-18(28)15-22(27)17(3)25(24)30/h7,10,15-17,19-21,24-25,30H,6,8-9,11-14H2,1-5H3/b10-7+/t16-,17-,19?,20?,21?,24?,25+,26-,27-/m1/s1. The van der Waals surface area contributed by atoms with Gasteiger partial charge < -0.3 is 9.84 Å². The Kier molecular flexibility index (Phi) is 6.00. The number of esters is 1. The second kappa shape index (κ2) is 8.17. The molecule has 4 unspecified atom stereocenters. The average Bonchev–Trinajstić information content (AvgIpc) is 3.08. The number of allylic oxidation sites excluding steroid dienone is 1. The Morgan fingerprint density at radius 2 is 2.00 bits per heavy atom. The number of hydrogen-bond donors (Lipinski definition) is 1. The molecule has 0 aromatic heterocycles. The Hall–Kier alpha value is -1.42. The molecule has 4 aliphatic rings. The first-order valence-corrected chi connectivity index (χ1v) is 12.4. The highest BCUT2D eigenvalue weighted by molar-refractivity contribution is 5.91. The zero-order valence-corrected chi connectivity index (χ0v) is 19.9. The van der Waals surface area contributed by atoms with Gasteiger partial charge in [0.25, 0.3) is 0 Å². The van der Waals surface area contributed by atoms with E-state index in [1.54, 1.807) is 6.08 Å². The summed E-state index contributed by atoms with van der Waals surface area (Å²) in [5.41, 5.74) is 1.44. The fourth-order valence-electron chi connectivity index (χ4n) is 8.38. The molecule has 0 aliphatic heterocycles. The van der Waals surface area contributed by atoms with Crippen LogP contribution in [0.2, 0.25) is 0 Å². The summed E-state index contributed by atoms with van der Waals surface area (Å²) in [4.78, 5) is 24.0. The molecule has 4 nitrogen and oxygen atoms in total. The quantitative estimate of drug-likeness (QED) is 0.499. The number of aliphatic hydroxyl groups is 1. The molecule has 4 aliphatic carbocycles. The number of rotatable bonds is 4. The number of aliphatic hydroxyl groups excluding tert-OH is 1. The van der Waals surface area contributed by atoms with Crippen molar-refractivity contribution in [2.24, 2.45) is 46.3 Å². The van der Waals surface area contributed by atoms with Crippen LogP contribution in [0.4, 0.5) is 0 Å². The molecule has 4 heteroatoms. The lowest BCUT2D eigenvalue weighted by atomic mass is 9.44. The summed E-state index contributed by atoms with van der Waals surface area (Å²) in [6.45, 7) is 11.4. The van der Waals surface area contributed by atoms with E-state index >= 15 is 0 Å². The van der Waals surface area contributed by atoms with E-state index in [1.165, 1.54) is 12.0 Å². The summed E-state index contributed by atoms with van der Waals surface area (Å²) in [6.07, 6.45) is 11.3. The monoisotopic (exact) mass is 428 g/mol. The Bertz CT molecular complexity index is 797. The third kappa shape index (κ3) is 3.53. The van der Waals surface area contributed by atoms with Crippen LogP contribution in [0.5, 0.6) is 0 Å². The zero-order valence-electron chi connectivity index (χ0n) is 19.9. The lowest BCUT2D eigenvalue weighted by Crippen LogP contribution is -2.58. The summed E-state index contributed by atoms with van der Waals surface area (Å²) in [6, 6.07) is 0. The predicted octanol–water partition coefficient (Wildman–Crippen LogP) is 5.11. The minimum Gasteiger partial charge on any atom is -0.463 e. The van der Waals surface area contributed by atoms with Gasteiger partial charge in [0.05, 0.1) is 12.7 Å². The molecule has 172 valence electrons. The maximum absolute atomic E-state index is 12.2. The maximum Gasteiger partial charge on any atom is 0.330 e. The molecule has 31 heavy (non-hydrogen) atoms. The summed E-state index contributed by atoms with van der Waals surface area (Å²) in [7, 11) is 0. The molecule has 3 saturated carbocycles. The van der Waals surface area contributed by atoms with Crippen LogP contribution < -0.4 is 0 Å². The summed E-state index contributed by atoms with van der Waals surface area (Å²) < 4.78 is 5.06. The van der Waals surface area contributed by atoms with Gasteiger partial charge in [0, 0.05) is 18.4 Å². The SMILES string of the molecule is CCOC(=O)/C=C/[C@@H](C)C1CCC2C3C(CC[C@@]21C)[C@@]1(C)CCC(=O)C=C1[C@@H](C)[C@@H]3O. The predicted molar refractivity (Wildman–Crippen MR) is 121 cm³/mol. The van der Waals surface area contributed by atoms with Gasteiger partial charge in [0.1, 0.15) is 0 Å². The third-order valence-corrected chi connectivity index (χ3v) is 9.95.